The summed E-state index contributed by atoms with van der Waals surface area (Å²) in [5.41, 5.74) is 1.89. The van der Waals surface area contributed by atoms with Crippen molar-refractivity contribution in [3.8, 4) is 0 Å². The number of hydrogen-bond donors (Lipinski definition) is 1. The van der Waals surface area contributed by atoms with Crippen molar-refractivity contribution in [3.05, 3.63) is 69.4 Å². The Balaban J connectivity index is 2.44. The Bertz CT molecular complexity index is 525. The van der Waals surface area contributed by atoms with Crippen LogP contribution in [0.3, 0.4) is 0 Å². The molecule has 2 aromatic rings. The lowest BCUT2D eigenvalue weighted by atomic mass is 9.99. The van der Waals surface area contributed by atoms with E-state index in [1.165, 1.54) is 6.07 Å². The molecule has 0 spiro atoms. The summed E-state index contributed by atoms with van der Waals surface area (Å²) < 4.78 is 14.5. The SMILES string of the molecule is Cc1cc(C(O)c2ccccc2)c(F)cc1Br. The van der Waals surface area contributed by atoms with Gasteiger partial charge in [0.05, 0.1) is 0 Å². The van der Waals surface area contributed by atoms with Gasteiger partial charge in [-0.05, 0) is 30.2 Å². The molecule has 0 saturated carbocycles. The average Bonchev–Trinajstić information content (AvgIpc) is 2.34. The topological polar surface area (TPSA) is 20.2 Å². The highest BCUT2D eigenvalue weighted by Gasteiger charge is 2.16. The predicted octanol–water partition coefficient (Wildman–Crippen LogP) is 3.98. The van der Waals surface area contributed by atoms with Gasteiger partial charge in [-0.25, -0.2) is 4.39 Å². The molecule has 0 radical (unpaired) electrons. The summed E-state index contributed by atoms with van der Waals surface area (Å²) in [6.45, 7) is 1.87. The monoisotopic (exact) mass is 294 g/mol. The summed E-state index contributed by atoms with van der Waals surface area (Å²) >= 11 is 3.26. The summed E-state index contributed by atoms with van der Waals surface area (Å²) in [6.07, 6.45) is -0.928. The minimum atomic E-state index is -0.928. The van der Waals surface area contributed by atoms with Crippen LogP contribution in [0.5, 0.6) is 0 Å². The van der Waals surface area contributed by atoms with Crippen LogP contribution in [0.1, 0.15) is 22.8 Å². The maximum Gasteiger partial charge on any atom is 0.130 e. The molecule has 3 heteroatoms. The molecule has 0 amide bonds. The third kappa shape index (κ3) is 2.56. The van der Waals surface area contributed by atoms with Crippen molar-refractivity contribution in [3.63, 3.8) is 0 Å². The quantitative estimate of drug-likeness (QED) is 0.888. The Morgan fingerprint density at radius 2 is 1.82 bits per heavy atom. The van der Waals surface area contributed by atoms with E-state index in [2.05, 4.69) is 15.9 Å². The highest BCUT2D eigenvalue weighted by atomic mass is 79.9. The molecule has 0 aliphatic heterocycles. The summed E-state index contributed by atoms with van der Waals surface area (Å²) in [7, 11) is 0. The number of aliphatic hydroxyl groups is 1. The van der Waals surface area contributed by atoms with E-state index in [4.69, 9.17) is 0 Å². The molecule has 0 saturated heterocycles. The van der Waals surface area contributed by atoms with Gasteiger partial charge in [-0.15, -0.1) is 0 Å². The first-order valence-electron chi connectivity index (χ1n) is 5.28. The lowest BCUT2D eigenvalue weighted by Gasteiger charge is -2.13. The number of benzene rings is 2. The third-order valence-corrected chi connectivity index (χ3v) is 3.54. The van der Waals surface area contributed by atoms with Crippen molar-refractivity contribution in [1.29, 1.82) is 0 Å². The van der Waals surface area contributed by atoms with Gasteiger partial charge in [-0.1, -0.05) is 46.3 Å². The molecule has 2 rings (SSSR count). The Kier molecular flexibility index (Phi) is 3.60. The summed E-state index contributed by atoms with van der Waals surface area (Å²) in [6, 6.07) is 12.1. The van der Waals surface area contributed by atoms with Crippen molar-refractivity contribution < 1.29 is 9.50 Å². The number of hydrogen-bond acceptors (Lipinski definition) is 1. The first-order valence-corrected chi connectivity index (χ1v) is 6.07. The molecule has 0 heterocycles. The van der Waals surface area contributed by atoms with Crippen molar-refractivity contribution in [2.75, 3.05) is 0 Å². The van der Waals surface area contributed by atoms with Gasteiger partial charge in [0, 0.05) is 10.0 Å². The molecule has 1 atom stereocenters. The lowest BCUT2D eigenvalue weighted by Crippen LogP contribution is -2.03. The maximum absolute atomic E-state index is 13.8. The zero-order chi connectivity index (χ0) is 12.4. The zero-order valence-electron chi connectivity index (χ0n) is 9.32. The first kappa shape index (κ1) is 12.3. The van der Waals surface area contributed by atoms with Crippen molar-refractivity contribution in [1.82, 2.24) is 0 Å². The molecular weight excluding hydrogens is 283 g/mol. The lowest BCUT2D eigenvalue weighted by molar-refractivity contribution is 0.215. The van der Waals surface area contributed by atoms with E-state index >= 15 is 0 Å². The second-order valence-electron chi connectivity index (χ2n) is 3.94. The number of aliphatic hydroxyl groups excluding tert-OH is 1. The Labute approximate surface area is 108 Å². The largest absolute Gasteiger partial charge is 0.384 e. The molecule has 1 nitrogen and oxygen atoms in total. The fraction of sp³-hybridized carbons (Fsp3) is 0.143. The molecule has 0 bridgehead atoms. The van der Waals surface area contributed by atoms with Gasteiger partial charge >= 0.3 is 0 Å². The van der Waals surface area contributed by atoms with Gasteiger partial charge < -0.3 is 5.11 Å². The highest BCUT2D eigenvalue weighted by Crippen LogP contribution is 2.28. The van der Waals surface area contributed by atoms with Crippen LogP contribution in [-0.2, 0) is 0 Å². The van der Waals surface area contributed by atoms with Crippen LogP contribution in [0.2, 0.25) is 0 Å². The molecule has 2 aromatic carbocycles. The number of rotatable bonds is 2. The van der Waals surface area contributed by atoms with Crippen molar-refractivity contribution in [2.24, 2.45) is 0 Å². The molecule has 88 valence electrons. The summed E-state index contributed by atoms with van der Waals surface area (Å²) in [5, 5.41) is 10.1. The normalized spacial score (nSPS) is 12.5. The molecule has 0 fully saturated rings. The minimum Gasteiger partial charge on any atom is -0.384 e. The van der Waals surface area contributed by atoms with Gasteiger partial charge in [0.15, 0.2) is 0 Å². The van der Waals surface area contributed by atoms with Crippen LogP contribution in [0.4, 0.5) is 4.39 Å². The molecule has 0 aliphatic carbocycles. The standard InChI is InChI=1S/C14H12BrFO/c1-9-7-11(13(16)8-12(9)15)14(17)10-5-3-2-4-6-10/h2-8,14,17H,1H3. The van der Waals surface area contributed by atoms with Gasteiger partial charge in [-0.2, -0.15) is 0 Å². The van der Waals surface area contributed by atoms with Crippen LogP contribution in [0, 0.1) is 12.7 Å². The molecule has 17 heavy (non-hydrogen) atoms. The number of aryl methyl sites for hydroxylation is 1. The minimum absolute atomic E-state index is 0.303. The smallest absolute Gasteiger partial charge is 0.130 e. The van der Waals surface area contributed by atoms with Gasteiger partial charge in [-0.3, -0.25) is 0 Å². The molecular formula is C14H12BrFO. The third-order valence-electron chi connectivity index (χ3n) is 2.69. The number of halogens is 2. The van der Waals surface area contributed by atoms with Crippen LogP contribution in [0.25, 0.3) is 0 Å². The summed E-state index contributed by atoms with van der Waals surface area (Å²) in [5.74, 6) is -0.404. The van der Waals surface area contributed by atoms with E-state index in [1.54, 1.807) is 18.2 Å². The van der Waals surface area contributed by atoms with Crippen molar-refractivity contribution >= 4 is 15.9 Å². The molecule has 1 unspecified atom stereocenters. The zero-order valence-corrected chi connectivity index (χ0v) is 10.9. The van der Waals surface area contributed by atoms with Crippen LogP contribution >= 0.6 is 15.9 Å². The molecule has 0 aromatic heterocycles. The van der Waals surface area contributed by atoms with E-state index in [1.807, 2.05) is 25.1 Å². The average molecular weight is 295 g/mol. The van der Waals surface area contributed by atoms with E-state index < -0.39 is 11.9 Å². The fourth-order valence-electron chi connectivity index (χ4n) is 1.70. The van der Waals surface area contributed by atoms with Crippen LogP contribution in [0.15, 0.2) is 46.9 Å². The second kappa shape index (κ2) is 4.98. The van der Waals surface area contributed by atoms with Crippen LogP contribution in [-0.4, -0.2) is 5.11 Å². The van der Waals surface area contributed by atoms with Crippen LogP contribution < -0.4 is 0 Å². The Hall–Kier alpha value is -1.19. The highest BCUT2D eigenvalue weighted by molar-refractivity contribution is 9.10. The van der Waals surface area contributed by atoms with E-state index in [0.29, 0.717) is 15.6 Å². The molecule has 0 aliphatic rings. The molecule has 1 N–H and O–H groups in total. The predicted molar refractivity (Wildman–Crippen MR) is 69.3 cm³/mol. The first-order chi connectivity index (χ1) is 8.09. The van der Waals surface area contributed by atoms with Crippen molar-refractivity contribution in [2.45, 2.75) is 13.0 Å². The van der Waals surface area contributed by atoms with E-state index in [0.717, 1.165) is 5.56 Å². The second-order valence-corrected chi connectivity index (χ2v) is 4.79. The van der Waals surface area contributed by atoms with E-state index in [9.17, 15) is 9.50 Å². The Morgan fingerprint density at radius 3 is 2.47 bits per heavy atom. The summed E-state index contributed by atoms with van der Waals surface area (Å²) in [4.78, 5) is 0. The van der Waals surface area contributed by atoms with Gasteiger partial charge in [0.2, 0.25) is 0 Å². The maximum atomic E-state index is 13.8. The Morgan fingerprint density at radius 1 is 1.18 bits per heavy atom. The fourth-order valence-corrected chi connectivity index (χ4v) is 2.02. The van der Waals surface area contributed by atoms with E-state index in [-0.39, 0.29) is 0 Å². The van der Waals surface area contributed by atoms with Gasteiger partial charge in [0.1, 0.15) is 11.9 Å². The van der Waals surface area contributed by atoms with Gasteiger partial charge in [0.25, 0.3) is 0 Å².